The molecule has 0 amide bonds. The first kappa shape index (κ1) is 20.9. The number of hydrogen-bond donors (Lipinski definition) is 2. The second-order valence-corrected chi connectivity index (χ2v) is 8.16. The molecule has 4 heteroatoms. The second-order valence-electron chi connectivity index (χ2n) is 8.16. The van der Waals surface area contributed by atoms with Crippen molar-refractivity contribution < 1.29 is 9.90 Å². The van der Waals surface area contributed by atoms with Gasteiger partial charge in [-0.25, -0.2) is 4.79 Å². The fraction of sp³-hybridized carbons (Fsp3) is 0.222. The van der Waals surface area contributed by atoms with Gasteiger partial charge in [-0.2, -0.15) is 0 Å². The smallest absolute Gasteiger partial charge is 0.352 e. The number of para-hydroxylation sites is 1. The molecule has 0 aliphatic rings. The molecule has 0 fully saturated rings. The van der Waals surface area contributed by atoms with Crippen LogP contribution in [-0.2, 0) is 13.1 Å². The third kappa shape index (κ3) is 4.54. The molecular formula is C27H28N2O2. The van der Waals surface area contributed by atoms with Crippen molar-refractivity contribution in [3.63, 3.8) is 0 Å². The number of fused-ring (bicyclic) bond motifs is 1. The summed E-state index contributed by atoms with van der Waals surface area (Å²) in [4.78, 5) is 12.3. The van der Waals surface area contributed by atoms with E-state index < -0.39 is 5.97 Å². The van der Waals surface area contributed by atoms with E-state index in [0.717, 1.165) is 28.6 Å². The molecule has 4 nitrogen and oxygen atoms in total. The highest BCUT2D eigenvalue weighted by molar-refractivity contribution is 5.98. The van der Waals surface area contributed by atoms with E-state index in [-0.39, 0.29) is 0 Å². The number of nitrogens with one attached hydrogen (secondary N) is 1. The van der Waals surface area contributed by atoms with Crippen LogP contribution in [0.2, 0.25) is 0 Å². The van der Waals surface area contributed by atoms with Crippen LogP contribution in [0.4, 0.5) is 0 Å². The largest absolute Gasteiger partial charge is 0.477 e. The van der Waals surface area contributed by atoms with Crippen LogP contribution < -0.4 is 5.32 Å². The van der Waals surface area contributed by atoms with Gasteiger partial charge in [-0.3, -0.25) is 0 Å². The maximum Gasteiger partial charge on any atom is 0.352 e. The zero-order chi connectivity index (χ0) is 21.8. The molecule has 158 valence electrons. The van der Waals surface area contributed by atoms with Crippen LogP contribution in [0.5, 0.6) is 0 Å². The van der Waals surface area contributed by atoms with Crippen LogP contribution in [0.3, 0.4) is 0 Å². The van der Waals surface area contributed by atoms with Crippen molar-refractivity contribution in [3.8, 4) is 0 Å². The Morgan fingerprint density at radius 3 is 2.35 bits per heavy atom. The number of aryl methyl sites for hydroxylation is 1. The van der Waals surface area contributed by atoms with Crippen molar-refractivity contribution in [2.45, 2.75) is 32.9 Å². The van der Waals surface area contributed by atoms with Gasteiger partial charge in [0.1, 0.15) is 5.69 Å². The SMILES string of the molecule is Cc1ccc(Cn2c(C(=O)O)c(CNCC(C)c3ccccc3)c3ccccc32)cc1. The van der Waals surface area contributed by atoms with Gasteiger partial charge < -0.3 is 15.0 Å². The summed E-state index contributed by atoms with van der Waals surface area (Å²) >= 11 is 0. The standard InChI is InChI=1S/C27H28N2O2/c1-19-12-14-21(15-13-19)18-29-25-11-7-6-10-23(25)24(26(29)27(30)31)17-28-16-20(2)22-8-4-3-5-9-22/h3-15,20,28H,16-18H2,1-2H3,(H,30,31). The topological polar surface area (TPSA) is 54.3 Å². The molecule has 0 aliphatic carbocycles. The van der Waals surface area contributed by atoms with Gasteiger partial charge in [0.05, 0.1) is 0 Å². The highest BCUT2D eigenvalue weighted by atomic mass is 16.4. The molecule has 2 N–H and O–H groups in total. The maximum atomic E-state index is 12.3. The lowest BCUT2D eigenvalue weighted by atomic mass is 10.0. The number of hydrogen-bond acceptors (Lipinski definition) is 2. The van der Waals surface area contributed by atoms with E-state index in [2.05, 4.69) is 55.6 Å². The first-order valence-electron chi connectivity index (χ1n) is 10.7. The van der Waals surface area contributed by atoms with E-state index >= 15 is 0 Å². The molecule has 4 aromatic rings. The lowest BCUT2D eigenvalue weighted by Crippen LogP contribution is -2.21. The number of carboxylic acid groups (broad SMARTS) is 1. The number of rotatable bonds is 8. The lowest BCUT2D eigenvalue weighted by Gasteiger charge is -2.14. The minimum absolute atomic E-state index is 0.343. The first-order valence-corrected chi connectivity index (χ1v) is 10.7. The van der Waals surface area contributed by atoms with Gasteiger partial charge in [-0.15, -0.1) is 0 Å². The third-order valence-corrected chi connectivity index (χ3v) is 5.86. The van der Waals surface area contributed by atoms with Gasteiger partial charge in [0.15, 0.2) is 0 Å². The summed E-state index contributed by atoms with van der Waals surface area (Å²) in [5.41, 5.74) is 5.71. The Bertz CT molecular complexity index is 1180. The van der Waals surface area contributed by atoms with Gasteiger partial charge >= 0.3 is 5.97 Å². The van der Waals surface area contributed by atoms with Crippen molar-refractivity contribution in [3.05, 3.63) is 107 Å². The van der Waals surface area contributed by atoms with Crippen molar-refractivity contribution in [2.75, 3.05) is 6.54 Å². The van der Waals surface area contributed by atoms with Gasteiger partial charge in [-0.05, 0) is 30.0 Å². The average Bonchev–Trinajstić information content (AvgIpc) is 3.09. The Morgan fingerprint density at radius 2 is 1.65 bits per heavy atom. The molecule has 0 bridgehead atoms. The summed E-state index contributed by atoms with van der Waals surface area (Å²) in [6, 6.07) is 26.6. The number of carbonyl (C=O) groups is 1. The Kier molecular flexibility index (Phi) is 6.19. The third-order valence-electron chi connectivity index (χ3n) is 5.86. The number of carboxylic acids is 1. The molecule has 0 radical (unpaired) electrons. The van der Waals surface area contributed by atoms with Crippen molar-refractivity contribution >= 4 is 16.9 Å². The first-order chi connectivity index (χ1) is 15.0. The van der Waals surface area contributed by atoms with Gasteiger partial charge in [0.2, 0.25) is 0 Å². The molecule has 1 heterocycles. The van der Waals surface area contributed by atoms with Crippen LogP contribution in [0.25, 0.3) is 10.9 Å². The fourth-order valence-corrected chi connectivity index (χ4v) is 4.15. The summed E-state index contributed by atoms with van der Waals surface area (Å²) in [7, 11) is 0. The quantitative estimate of drug-likeness (QED) is 0.397. The van der Waals surface area contributed by atoms with Crippen LogP contribution in [0.1, 0.15) is 45.6 Å². The van der Waals surface area contributed by atoms with E-state index in [1.807, 2.05) is 47.0 Å². The molecule has 1 atom stereocenters. The normalized spacial score (nSPS) is 12.2. The van der Waals surface area contributed by atoms with Gasteiger partial charge in [0, 0.05) is 36.1 Å². The van der Waals surface area contributed by atoms with Crippen molar-refractivity contribution in [2.24, 2.45) is 0 Å². The highest BCUT2D eigenvalue weighted by Crippen LogP contribution is 2.28. The van der Waals surface area contributed by atoms with Crippen LogP contribution in [-0.4, -0.2) is 22.2 Å². The monoisotopic (exact) mass is 412 g/mol. The Balaban J connectivity index is 1.64. The van der Waals surface area contributed by atoms with E-state index in [9.17, 15) is 9.90 Å². The zero-order valence-corrected chi connectivity index (χ0v) is 18.0. The second kappa shape index (κ2) is 9.19. The van der Waals surface area contributed by atoms with Gasteiger partial charge in [0.25, 0.3) is 0 Å². The summed E-state index contributed by atoms with van der Waals surface area (Å²) in [5, 5.41) is 14.6. The lowest BCUT2D eigenvalue weighted by molar-refractivity contribution is 0.0685. The summed E-state index contributed by atoms with van der Waals surface area (Å²) < 4.78 is 1.93. The molecular weight excluding hydrogens is 384 g/mol. The summed E-state index contributed by atoms with van der Waals surface area (Å²) in [6.45, 7) is 6.06. The molecule has 1 unspecified atom stereocenters. The van der Waals surface area contributed by atoms with E-state index in [4.69, 9.17) is 0 Å². The number of aromatic carboxylic acids is 1. The predicted octanol–water partition coefficient (Wildman–Crippen LogP) is 5.59. The van der Waals surface area contributed by atoms with E-state index in [1.165, 1.54) is 11.1 Å². The number of nitrogens with zero attached hydrogens (tertiary/aromatic N) is 1. The molecule has 0 aliphatic heterocycles. The van der Waals surface area contributed by atoms with Crippen LogP contribution in [0.15, 0.2) is 78.9 Å². The summed E-state index contributed by atoms with van der Waals surface area (Å²) in [5.74, 6) is -0.549. The van der Waals surface area contributed by atoms with E-state index in [1.54, 1.807) is 0 Å². The molecule has 0 saturated carbocycles. The molecule has 3 aromatic carbocycles. The van der Waals surface area contributed by atoms with Crippen molar-refractivity contribution in [1.29, 1.82) is 0 Å². The average molecular weight is 413 g/mol. The number of benzene rings is 3. The van der Waals surface area contributed by atoms with Crippen molar-refractivity contribution in [1.82, 2.24) is 9.88 Å². The number of aromatic nitrogens is 1. The molecule has 4 rings (SSSR count). The summed E-state index contributed by atoms with van der Waals surface area (Å²) in [6.07, 6.45) is 0. The Hall–Kier alpha value is -3.37. The van der Waals surface area contributed by atoms with Crippen LogP contribution >= 0.6 is 0 Å². The molecule has 0 spiro atoms. The van der Waals surface area contributed by atoms with E-state index in [0.29, 0.717) is 24.7 Å². The Labute approximate surface area is 183 Å². The van der Waals surface area contributed by atoms with Crippen LogP contribution in [0, 0.1) is 6.92 Å². The molecule has 0 saturated heterocycles. The molecule has 1 aromatic heterocycles. The fourth-order valence-electron chi connectivity index (χ4n) is 4.15. The minimum atomic E-state index is -0.892. The molecule has 31 heavy (non-hydrogen) atoms. The maximum absolute atomic E-state index is 12.3. The Morgan fingerprint density at radius 1 is 0.968 bits per heavy atom. The van der Waals surface area contributed by atoms with Gasteiger partial charge in [-0.1, -0.05) is 85.3 Å². The highest BCUT2D eigenvalue weighted by Gasteiger charge is 2.22. The minimum Gasteiger partial charge on any atom is -0.477 e. The predicted molar refractivity (Wildman–Crippen MR) is 126 cm³/mol. The zero-order valence-electron chi connectivity index (χ0n) is 18.0.